The van der Waals surface area contributed by atoms with E-state index in [0.717, 1.165) is 19.3 Å². The Morgan fingerprint density at radius 3 is 2.33 bits per heavy atom. The molecule has 2 rings (SSSR count). The van der Waals surface area contributed by atoms with Crippen molar-refractivity contribution in [2.45, 2.75) is 37.6 Å². The van der Waals surface area contributed by atoms with Gasteiger partial charge in [-0.25, -0.2) is 4.79 Å². The first-order valence-electron chi connectivity index (χ1n) is 8.01. The topological polar surface area (TPSA) is 105 Å². The van der Waals surface area contributed by atoms with Crippen LogP contribution in [0.2, 0.25) is 0 Å². The van der Waals surface area contributed by atoms with Gasteiger partial charge in [-0.15, -0.1) is 0 Å². The molecule has 7 nitrogen and oxygen atoms in total. The van der Waals surface area contributed by atoms with Crippen LogP contribution in [-0.2, 0) is 14.4 Å². The van der Waals surface area contributed by atoms with Gasteiger partial charge in [-0.3, -0.25) is 9.59 Å². The molecular formula is C17H22N2O5. The number of hydrogen-bond acceptors (Lipinski definition) is 4. The highest BCUT2D eigenvalue weighted by Gasteiger charge is 2.40. The molecule has 24 heavy (non-hydrogen) atoms. The second-order valence-corrected chi connectivity index (χ2v) is 5.87. The van der Waals surface area contributed by atoms with Crippen LogP contribution in [0.1, 0.15) is 32.1 Å². The number of carboxylic acids is 1. The first kappa shape index (κ1) is 17.8. The van der Waals surface area contributed by atoms with Crippen LogP contribution in [0, 0.1) is 0 Å². The first-order chi connectivity index (χ1) is 11.5. The quantitative estimate of drug-likeness (QED) is 0.692. The minimum atomic E-state index is -1.21. The molecule has 1 aromatic carbocycles. The fraction of sp³-hybridized carbons (Fsp3) is 0.471. The number of ether oxygens (including phenoxy) is 1. The van der Waals surface area contributed by atoms with E-state index in [4.69, 9.17) is 4.74 Å². The minimum absolute atomic E-state index is 0.207. The maximum atomic E-state index is 12.0. The largest absolute Gasteiger partial charge is 0.484 e. The van der Waals surface area contributed by atoms with Gasteiger partial charge in [-0.05, 0) is 25.0 Å². The normalized spacial score (nSPS) is 16.0. The Labute approximate surface area is 140 Å². The van der Waals surface area contributed by atoms with Crippen LogP contribution in [0.3, 0.4) is 0 Å². The van der Waals surface area contributed by atoms with E-state index in [1.807, 2.05) is 6.07 Å². The number of amides is 2. The molecule has 0 aromatic heterocycles. The van der Waals surface area contributed by atoms with Gasteiger partial charge in [0, 0.05) is 0 Å². The summed E-state index contributed by atoms with van der Waals surface area (Å²) in [5.41, 5.74) is -1.21. The van der Waals surface area contributed by atoms with E-state index in [1.54, 1.807) is 24.3 Å². The molecule has 1 saturated carbocycles. The van der Waals surface area contributed by atoms with Gasteiger partial charge in [0.2, 0.25) is 5.91 Å². The Balaban J connectivity index is 1.75. The molecule has 1 aliphatic carbocycles. The van der Waals surface area contributed by atoms with Crippen molar-refractivity contribution in [3.63, 3.8) is 0 Å². The highest BCUT2D eigenvalue weighted by atomic mass is 16.5. The first-order valence-corrected chi connectivity index (χ1v) is 8.01. The number of benzene rings is 1. The molecule has 130 valence electrons. The van der Waals surface area contributed by atoms with Crippen molar-refractivity contribution in [1.82, 2.24) is 10.6 Å². The SMILES string of the molecule is O=C(COc1ccccc1)NCC(=O)NC1(C(=O)O)CCCCC1. The van der Waals surface area contributed by atoms with Gasteiger partial charge in [0.05, 0.1) is 6.54 Å². The second kappa shape index (κ2) is 8.33. The Morgan fingerprint density at radius 1 is 1.04 bits per heavy atom. The van der Waals surface area contributed by atoms with Crippen molar-refractivity contribution < 1.29 is 24.2 Å². The second-order valence-electron chi connectivity index (χ2n) is 5.87. The van der Waals surface area contributed by atoms with Crippen molar-refractivity contribution >= 4 is 17.8 Å². The molecule has 0 atom stereocenters. The summed E-state index contributed by atoms with van der Waals surface area (Å²) < 4.78 is 5.27. The van der Waals surface area contributed by atoms with Crippen LogP contribution in [0.25, 0.3) is 0 Å². The van der Waals surface area contributed by atoms with Crippen molar-refractivity contribution in [2.24, 2.45) is 0 Å². The number of rotatable bonds is 7. The summed E-state index contributed by atoms with van der Waals surface area (Å²) >= 11 is 0. The number of hydrogen-bond donors (Lipinski definition) is 3. The summed E-state index contributed by atoms with van der Waals surface area (Å²) in [4.78, 5) is 35.2. The Morgan fingerprint density at radius 2 is 1.71 bits per heavy atom. The number of carbonyl (C=O) groups is 3. The fourth-order valence-corrected chi connectivity index (χ4v) is 2.75. The van der Waals surface area contributed by atoms with Crippen LogP contribution in [0.5, 0.6) is 5.75 Å². The lowest BCUT2D eigenvalue weighted by molar-refractivity contribution is -0.149. The number of aliphatic carboxylic acids is 1. The van der Waals surface area contributed by atoms with Crippen LogP contribution in [0.15, 0.2) is 30.3 Å². The summed E-state index contributed by atoms with van der Waals surface area (Å²) in [6.45, 7) is -0.479. The third-order valence-electron chi connectivity index (χ3n) is 4.05. The van der Waals surface area contributed by atoms with Crippen molar-refractivity contribution in [1.29, 1.82) is 0 Å². The number of carbonyl (C=O) groups excluding carboxylic acids is 2. The lowest BCUT2D eigenvalue weighted by Gasteiger charge is -2.33. The van der Waals surface area contributed by atoms with Gasteiger partial charge in [0.1, 0.15) is 11.3 Å². The molecule has 2 amide bonds. The summed E-state index contributed by atoms with van der Waals surface area (Å²) in [7, 11) is 0. The van der Waals surface area contributed by atoms with Gasteiger partial charge >= 0.3 is 5.97 Å². The molecule has 0 saturated heterocycles. The van der Waals surface area contributed by atoms with Gasteiger partial charge in [0.15, 0.2) is 6.61 Å². The smallest absolute Gasteiger partial charge is 0.329 e. The maximum absolute atomic E-state index is 12.0. The van der Waals surface area contributed by atoms with Crippen molar-refractivity contribution in [3.8, 4) is 5.75 Å². The molecular weight excluding hydrogens is 312 g/mol. The average molecular weight is 334 g/mol. The van der Waals surface area contributed by atoms with E-state index in [9.17, 15) is 19.5 Å². The number of nitrogens with one attached hydrogen (secondary N) is 2. The standard InChI is InChI=1S/C17H22N2O5/c20-14(19-17(16(22)23)9-5-2-6-10-17)11-18-15(21)12-24-13-7-3-1-4-8-13/h1,3-4,7-8H,2,5-6,9-12H2,(H,18,21)(H,19,20)(H,22,23). The summed E-state index contributed by atoms with van der Waals surface area (Å²) in [6, 6.07) is 8.85. The summed E-state index contributed by atoms with van der Waals surface area (Å²) in [5.74, 6) is -1.41. The molecule has 1 aliphatic rings. The third-order valence-corrected chi connectivity index (χ3v) is 4.05. The predicted molar refractivity (Wildman–Crippen MR) is 86.5 cm³/mol. The van der Waals surface area contributed by atoms with Crippen LogP contribution < -0.4 is 15.4 Å². The van der Waals surface area contributed by atoms with E-state index in [-0.39, 0.29) is 13.2 Å². The summed E-state index contributed by atoms with van der Waals surface area (Å²) in [5, 5.41) is 14.4. The van der Waals surface area contributed by atoms with Gasteiger partial charge in [0.25, 0.3) is 5.91 Å². The van der Waals surface area contributed by atoms with Crippen LogP contribution in [0.4, 0.5) is 0 Å². The van der Waals surface area contributed by atoms with E-state index in [1.165, 1.54) is 0 Å². The molecule has 3 N–H and O–H groups in total. The monoisotopic (exact) mass is 334 g/mol. The van der Waals surface area contributed by atoms with Crippen molar-refractivity contribution in [3.05, 3.63) is 30.3 Å². The highest BCUT2D eigenvalue weighted by molar-refractivity contribution is 5.90. The third kappa shape index (κ3) is 4.97. The Hall–Kier alpha value is -2.57. The zero-order chi connectivity index (χ0) is 17.4. The molecule has 0 heterocycles. The van der Waals surface area contributed by atoms with Gasteiger partial charge in [-0.2, -0.15) is 0 Å². The average Bonchev–Trinajstić information content (AvgIpc) is 2.60. The van der Waals surface area contributed by atoms with E-state index in [2.05, 4.69) is 10.6 Å². The van der Waals surface area contributed by atoms with Crippen LogP contribution in [-0.4, -0.2) is 41.6 Å². The molecule has 0 radical (unpaired) electrons. The maximum Gasteiger partial charge on any atom is 0.329 e. The number of carboxylic acid groups (broad SMARTS) is 1. The molecule has 1 fully saturated rings. The van der Waals surface area contributed by atoms with E-state index >= 15 is 0 Å². The lowest BCUT2D eigenvalue weighted by atomic mass is 9.81. The highest BCUT2D eigenvalue weighted by Crippen LogP contribution is 2.28. The molecule has 0 bridgehead atoms. The molecule has 0 spiro atoms. The molecule has 0 unspecified atom stereocenters. The molecule has 1 aromatic rings. The van der Waals surface area contributed by atoms with Gasteiger partial charge in [-0.1, -0.05) is 37.5 Å². The zero-order valence-corrected chi connectivity index (χ0v) is 13.4. The number of para-hydroxylation sites is 1. The van der Waals surface area contributed by atoms with Gasteiger partial charge < -0.3 is 20.5 Å². The fourth-order valence-electron chi connectivity index (χ4n) is 2.75. The summed E-state index contributed by atoms with van der Waals surface area (Å²) in [6.07, 6.45) is 3.34. The van der Waals surface area contributed by atoms with E-state index < -0.39 is 23.3 Å². The molecule has 0 aliphatic heterocycles. The molecule has 7 heteroatoms. The Kier molecular flexibility index (Phi) is 6.17. The van der Waals surface area contributed by atoms with Crippen molar-refractivity contribution in [2.75, 3.05) is 13.2 Å². The Bertz CT molecular complexity index is 582. The zero-order valence-electron chi connectivity index (χ0n) is 13.4. The van der Waals surface area contributed by atoms with E-state index in [0.29, 0.717) is 18.6 Å². The predicted octanol–water partition coefficient (Wildman–Crippen LogP) is 1.09. The van der Waals surface area contributed by atoms with Crippen LogP contribution >= 0.6 is 0 Å². The minimum Gasteiger partial charge on any atom is -0.484 e. The lowest BCUT2D eigenvalue weighted by Crippen LogP contribution is -2.57.